The Morgan fingerprint density at radius 2 is 1.96 bits per heavy atom. The maximum atomic E-state index is 12.4. The highest BCUT2D eigenvalue weighted by Crippen LogP contribution is 2.49. The third kappa shape index (κ3) is 3.20. The highest BCUT2D eigenvalue weighted by atomic mass is 35.5. The van der Waals surface area contributed by atoms with E-state index in [1.54, 1.807) is 12.1 Å². The molecule has 0 aliphatic heterocycles. The molecule has 0 radical (unpaired) electrons. The summed E-state index contributed by atoms with van der Waals surface area (Å²) in [6, 6.07) is 4.75. The second kappa shape index (κ2) is 6.54. The van der Waals surface area contributed by atoms with Crippen LogP contribution in [-0.2, 0) is 4.79 Å². The van der Waals surface area contributed by atoms with Crippen LogP contribution in [0.25, 0.3) is 0 Å². The van der Waals surface area contributed by atoms with E-state index in [2.05, 4.69) is 0 Å². The van der Waals surface area contributed by atoms with Gasteiger partial charge in [-0.25, -0.2) is 4.42 Å². The predicted octanol–water partition coefficient (Wildman–Crippen LogP) is 3.13. The Kier molecular flexibility index (Phi) is 4.93. The number of rotatable bonds is 4. The Hall–Kier alpha value is -0.720. The van der Waals surface area contributed by atoms with Crippen LogP contribution in [0, 0.1) is 0 Å². The van der Waals surface area contributed by atoms with Crippen molar-refractivity contribution in [2.24, 2.45) is 5.73 Å². The van der Waals surface area contributed by atoms with E-state index in [1.807, 2.05) is 0 Å². The molecule has 1 amide bonds. The van der Waals surface area contributed by atoms with Crippen LogP contribution in [0.5, 0.6) is 5.75 Å². The zero-order valence-electron chi connectivity index (χ0n) is 13.0. The second-order valence-electron chi connectivity index (χ2n) is 6.73. The maximum Gasteiger partial charge on any atom is 0.275 e. The van der Waals surface area contributed by atoms with Gasteiger partial charge in [-0.15, -0.1) is 0 Å². The number of nitrogens with zero attached hydrogens (tertiary/aromatic N) is 1. The van der Waals surface area contributed by atoms with Gasteiger partial charge in [0.1, 0.15) is 5.75 Å². The molecule has 24 heavy (non-hydrogen) atoms. The lowest BCUT2D eigenvalue weighted by Gasteiger charge is -2.56. The van der Waals surface area contributed by atoms with Gasteiger partial charge in [-0.05, 0) is 44.2 Å². The molecule has 8 heteroatoms. The quantitative estimate of drug-likeness (QED) is 0.771. The fourth-order valence-corrected chi connectivity index (χ4v) is 4.26. The first-order chi connectivity index (χ1) is 11.3. The van der Waals surface area contributed by atoms with Crippen molar-refractivity contribution in [3.8, 4) is 5.75 Å². The number of hydrogen-bond acceptors (Lipinski definition) is 4. The van der Waals surface area contributed by atoms with Gasteiger partial charge in [0, 0.05) is 23.4 Å². The molecule has 0 aromatic heterocycles. The fraction of sp³-hybridized carbons (Fsp3) is 0.562. The lowest BCUT2D eigenvalue weighted by atomic mass is 9.60. The number of nitrogens with two attached hydrogens (primary N) is 1. The lowest BCUT2D eigenvalue weighted by molar-refractivity contribution is -0.146. The van der Waals surface area contributed by atoms with Gasteiger partial charge < -0.3 is 15.6 Å². The standard InChI is InChI=1S/C16H19Cl3N2O3/c17-11-2-1-10(7-12(11)18)24-9-14(23)21(19)16-5-3-15(20,4-6-16)8-13(16)22/h1-2,7,13,22H,3-6,8-9,20H2/t13-,15?,16?/m1/s1. The second-order valence-corrected chi connectivity index (χ2v) is 7.88. The number of ether oxygens (including phenoxy) is 1. The van der Waals surface area contributed by atoms with Crippen LogP contribution in [-0.4, -0.2) is 39.2 Å². The maximum absolute atomic E-state index is 12.4. The summed E-state index contributed by atoms with van der Waals surface area (Å²) in [4.78, 5) is 12.4. The lowest BCUT2D eigenvalue weighted by Crippen LogP contribution is -2.68. The number of aliphatic hydroxyl groups is 1. The van der Waals surface area contributed by atoms with E-state index in [-0.39, 0.29) is 12.1 Å². The average molecular weight is 394 g/mol. The highest BCUT2D eigenvalue weighted by Gasteiger charge is 2.56. The zero-order chi connectivity index (χ0) is 17.5. The molecule has 0 unspecified atom stereocenters. The first kappa shape index (κ1) is 18.1. The van der Waals surface area contributed by atoms with Crippen molar-refractivity contribution in [2.45, 2.75) is 49.3 Å². The molecule has 0 saturated heterocycles. The van der Waals surface area contributed by atoms with Crippen LogP contribution in [0.4, 0.5) is 0 Å². The molecular weight excluding hydrogens is 375 g/mol. The van der Waals surface area contributed by atoms with E-state index in [4.69, 9.17) is 45.4 Å². The van der Waals surface area contributed by atoms with E-state index < -0.39 is 17.6 Å². The number of amides is 1. The number of benzene rings is 1. The van der Waals surface area contributed by atoms with Crippen molar-refractivity contribution in [2.75, 3.05) is 6.61 Å². The van der Waals surface area contributed by atoms with Crippen LogP contribution in [0.2, 0.25) is 10.0 Å². The van der Waals surface area contributed by atoms with E-state index >= 15 is 0 Å². The van der Waals surface area contributed by atoms with Crippen molar-refractivity contribution in [3.63, 3.8) is 0 Å². The predicted molar refractivity (Wildman–Crippen MR) is 93.4 cm³/mol. The number of carbonyl (C=O) groups excluding carboxylic acids is 1. The number of hydrogen-bond donors (Lipinski definition) is 2. The summed E-state index contributed by atoms with van der Waals surface area (Å²) < 4.78 is 6.57. The van der Waals surface area contributed by atoms with Gasteiger partial charge >= 0.3 is 0 Å². The molecule has 1 atom stereocenters. The minimum atomic E-state index is -0.763. The van der Waals surface area contributed by atoms with Gasteiger partial charge in [-0.2, -0.15) is 0 Å². The van der Waals surface area contributed by atoms with E-state index in [1.165, 1.54) is 6.07 Å². The highest BCUT2D eigenvalue weighted by molar-refractivity contribution is 6.42. The van der Waals surface area contributed by atoms with Gasteiger partial charge in [0.15, 0.2) is 6.61 Å². The van der Waals surface area contributed by atoms with Crippen molar-refractivity contribution in [1.29, 1.82) is 0 Å². The summed E-state index contributed by atoms with van der Waals surface area (Å²) in [5.74, 6) is 0.0161. The molecule has 3 N–H and O–H groups in total. The van der Waals surface area contributed by atoms with Gasteiger partial charge in [0.2, 0.25) is 0 Å². The molecule has 4 rings (SSSR count). The number of aliphatic hydroxyl groups excluding tert-OH is 1. The molecule has 2 bridgehead atoms. The molecule has 3 saturated carbocycles. The van der Waals surface area contributed by atoms with Crippen molar-refractivity contribution < 1.29 is 14.6 Å². The SMILES string of the molecule is NC12CCC(N(Cl)C(=O)COc3ccc(Cl)c(Cl)c3)(CC1)[C@H](O)C2. The molecule has 3 aliphatic rings. The van der Waals surface area contributed by atoms with Crippen LogP contribution in [0.15, 0.2) is 18.2 Å². The van der Waals surface area contributed by atoms with Crippen LogP contribution in [0.1, 0.15) is 32.1 Å². The minimum Gasteiger partial charge on any atom is -0.484 e. The molecule has 3 fully saturated rings. The van der Waals surface area contributed by atoms with E-state index in [9.17, 15) is 9.90 Å². The van der Waals surface area contributed by atoms with Crippen LogP contribution >= 0.6 is 35.0 Å². The van der Waals surface area contributed by atoms with Gasteiger partial charge in [-0.1, -0.05) is 23.2 Å². The summed E-state index contributed by atoms with van der Waals surface area (Å²) in [6.45, 7) is -0.246. The molecular formula is C16H19Cl3N2O3. The van der Waals surface area contributed by atoms with Crippen LogP contribution in [0.3, 0.4) is 0 Å². The number of carbonyl (C=O) groups is 1. The van der Waals surface area contributed by atoms with Gasteiger partial charge in [-0.3, -0.25) is 4.79 Å². The smallest absolute Gasteiger partial charge is 0.275 e. The van der Waals surface area contributed by atoms with Crippen molar-refractivity contribution in [3.05, 3.63) is 28.2 Å². The number of fused-ring (bicyclic) bond motifs is 3. The van der Waals surface area contributed by atoms with Gasteiger partial charge in [0.05, 0.1) is 21.7 Å². The number of halogens is 3. The Labute approximate surface area is 155 Å². The largest absolute Gasteiger partial charge is 0.484 e. The first-order valence-corrected chi connectivity index (χ1v) is 8.89. The van der Waals surface area contributed by atoms with E-state index in [0.717, 1.165) is 17.3 Å². The molecule has 1 aromatic carbocycles. The molecule has 1 aromatic rings. The minimum absolute atomic E-state index is 0.246. The normalized spacial score (nSPS) is 31.8. The third-order valence-corrected chi connectivity index (χ3v) is 6.46. The first-order valence-electron chi connectivity index (χ1n) is 7.79. The Bertz CT molecular complexity index is 647. The average Bonchev–Trinajstić information content (AvgIpc) is 2.55. The molecule has 5 nitrogen and oxygen atoms in total. The van der Waals surface area contributed by atoms with Crippen molar-refractivity contribution >= 4 is 40.9 Å². The summed E-state index contributed by atoms with van der Waals surface area (Å²) in [7, 11) is 0. The third-order valence-electron chi connectivity index (χ3n) is 5.20. The van der Waals surface area contributed by atoms with E-state index in [0.29, 0.717) is 35.1 Å². The Morgan fingerprint density at radius 1 is 1.29 bits per heavy atom. The molecule has 0 heterocycles. The fourth-order valence-electron chi connectivity index (χ4n) is 3.64. The summed E-state index contributed by atoms with van der Waals surface area (Å²) in [5, 5.41) is 11.2. The Morgan fingerprint density at radius 3 is 2.54 bits per heavy atom. The molecule has 0 spiro atoms. The monoisotopic (exact) mass is 392 g/mol. The molecule has 132 valence electrons. The van der Waals surface area contributed by atoms with Gasteiger partial charge in [0.25, 0.3) is 5.91 Å². The summed E-state index contributed by atoms with van der Waals surface area (Å²) in [6.07, 6.45) is 2.40. The van der Waals surface area contributed by atoms with Crippen LogP contribution < -0.4 is 10.5 Å². The molecule has 3 aliphatic carbocycles. The Balaban J connectivity index is 1.65. The topological polar surface area (TPSA) is 75.8 Å². The van der Waals surface area contributed by atoms with Crippen molar-refractivity contribution in [1.82, 2.24) is 4.42 Å². The summed E-state index contributed by atoms with van der Waals surface area (Å²) >= 11 is 18.1. The summed E-state index contributed by atoms with van der Waals surface area (Å²) in [5.41, 5.74) is 5.13. The zero-order valence-corrected chi connectivity index (χ0v) is 15.2.